The second-order valence-electron chi connectivity index (χ2n) is 4.24. The van der Waals surface area contributed by atoms with E-state index in [-0.39, 0.29) is 11.4 Å². The molecule has 0 unspecified atom stereocenters. The normalized spacial score (nSPS) is 10.4. The van der Waals surface area contributed by atoms with Crippen molar-refractivity contribution in [1.29, 1.82) is 0 Å². The minimum atomic E-state index is -0.316. The summed E-state index contributed by atoms with van der Waals surface area (Å²) in [6.45, 7) is 0. The third-order valence-electron chi connectivity index (χ3n) is 2.92. The number of H-pyrrole nitrogens is 1. The highest BCUT2D eigenvalue weighted by Crippen LogP contribution is 2.28. The van der Waals surface area contributed by atoms with E-state index < -0.39 is 0 Å². The Morgan fingerprint density at radius 3 is 2.35 bits per heavy atom. The molecular formula is C15H10FN3O. The average molecular weight is 267 g/mol. The molecule has 2 aromatic heterocycles. The molecule has 0 bridgehead atoms. The second-order valence-corrected chi connectivity index (χ2v) is 4.24. The number of pyridine rings is 1. The van der Waals surface area contributed by atoms with Crippen molar-refractivity contribution in [2.75, 3.05) is 0 Å². The number of hydrogen-bond acceptors (Lipinski definition) is 3. The van der Waals surface area contributed by atoms with Gasteiger partial charge in [-0.1, -0.05) is 0 Å². The third kappa shape index (κ3) is 2.33. The molecular weight excluding hydrogens is 257 g/mol. The molecule has 2 heterocycles. The molecule has 1 N–H and O–H groups in total. The van der Waals surface area contributed by atoms with Gasteiger partial charge in [0.25, 0.3) is 5.56 Å². The SMILES string of the molecule is O=c1cc(-c2ccncc2)c(-c2ccc(F)cc2)n[nH]1. The number of hydrogen-bond donors (Lipinski definition) is 1. The van der Waals surface area contributed by atoms with Crippen molar-refractivity contribution in [3.05, 3.63) is 71.0 Å². The van der Waals surface area contributed by atoms with E-state index in [2.05, 4.69) is 15.2 Å². The minimum absolute atomic E-state index is 0.289. The highest BCUT2D eigenvalue weighted by atomic mass is 19.1. The van der Waals surface area contributed by atoms with E-state index in [0.717, 1.165) is 11.1 Å². The number of nitrogens with one attached hydrogen (secondary N) is 1. The Balaban J connectivity index is 2.21. The van der Waals surface area contributed by atoms with Crippen LogP contribution < -0.4 is 5.56 Å². The summed E-state index contributed by atoms with van der Waals surface area (Å²) in [7, 11) is 0. The average Bonchev–Trinajstić information content (AvgIpc) is 2.49. The smallest absolute Gasteiger partial charge is 0.264 e. The molecule has 3 rings (SSSR count). The topological polar surface area (TPSA) is 58.6 Å². The van der Waals surface area contributed by atoms with E-state index in [9.17, 15) is 9.18 Å². The fourth-order valence-corrected chi connectivity index (χ4v) is 1.98. The summed E-state index contributed by atoms with van der Waals surface area (Å²) in [6.07, 6.45) is 3.29. The van der Waals surface area contributed by atoms with Gasteiger partial charge in [-0.3, -0.25) is 9.78 Å². The Bertz CT molecular complexity index is 782. The van der Waals surface area contributed by atoms with Gasteiger partial charge in [0.1, 0.15) is 5.82 Å². The maximum Gasteiger partial charge on any atom is 0.264 e. The van der Waals surface area contributed by atoms with Gasteiger partial charge in [0.15, 0.2) is 0 Å². The largest absolute Gasteiger partial charge is 0.268 e. The molecule has 0 amide bonds. The number of halogens is 1. The van der Waals surface area contributed by atoms with Crippen LogP contribution in [0.2, 0.25) is 0 Å². The van der Waals surface area contributed by atoms with Gasteiger partial charge in [0.05, 0.1) is 5.69 Å². The lowest BCUT2D eigenvalue weighted by Crippen LogP contribution is -2.08. The zero-order valence-electron chi connectivity index (χ0n) is 10.4. The molecule has 0 saturated heterocycles. The van der Waals surface area contributed by atoms with Crippen LogP contribution in [0.3, 0.4) is 0 Å². The first-order valence-electron chi connectivity index (χ1n) is 6.00. The van der Waals surface area contributed by atoms with Crippen LogP contribution in [0.1, 0.15) is 0 Å². The highest BCUT2D eigenvalue weighted by Gasteiger charge is 2.10. The molecule has 0 atom stereocenters. The van der Waals surface area contributed by atoms with E-state index >= 15 is 0 Å². The molecule has 0 radical (unpaired) electrons. The number of nitrogens with zero attached hydrogens (tertiary/aromatic N) is 2. The van der Waals surface area contributed by atoms with Gasteiger partial charge in [-0.05, 0) is 42.0 Å². The van der Waals surface area contributed by atoms with Crippen molar-refractivity contribution in [2.45, 2.75) is 0 Å². The van der Waals surface area contributed by atoms with Crippen molar-refractivity contribution >= 4 is 0 Å². The van der Waals surface area contributed by atoms with Crippen LogP contribution in [0, 0.1) is 5.82 Å². The summed E-state index contributed by atoms with van der Waals surface area (Å²) in [4.78, 5) is 15.5. The van der Waals surface area contributed by atoms with Crippen molar-refractivity contribution < 1.29 is 4.39 Å². The molecule has 0 fully saturated rings. The van der Waals surface area contributed by atoms with Crippen LogP contribution in [0.25, 0.3) is 22.4 Å². The van der Waals surface area contributed by atoms with Gasteiger partial charge in [-0.25, -0.2) is 9.49 Å². The summed E-state index contributed by atoms with van der Waals surface area (Å²) >= 11 is 0. The zero-order valence-corrected chi connectivity index (χ0v) is 10.4. The van der Waals surface area contributed by atoms with E-state index in [0.29, 0.717) is 11.3 Å². The number of benzene rings is 1. The van der Waals surface area contributed by atoms with Crippen molar-refractivity contribution in [1.82, 2.24) is 15.2 Å². The van der Waals surface area contributed by atoms with Gasteiger partial charge in [-0.2, -0.15) is 5.10 Å². The first-order chi connectivity index (χ1) is 9.74. The number of aromatic nitrogens is 3. The standard InChI is InChI=1S/C15H10FN3O/c16-12-3-1-11(2-4-12)15-13(9-14(20)18-19-15)10-5-7-17-8-6-10/h1-9H,(H,18,20). The molecule has 0 aliphatic rings. The first-order valence-corrected chi connectivity index (χ1v) is 6.00. The molecule has 0 saturated carbocycles. The first kappa shape index (κ1) is 12.2. The van der Waals surface area contributed by atoms with E-state index in [1.54, 1.807) is 36.7 Å². The second kappa shape index (κ2) is 5.05. The Morgan fingerprint density at radius 1 is 0.950 bits per heavy atom. The lowest BCUT2D eigenvalue weighted by molar-refractivity contribution is 0.628. The molecule has 20 heavy (non-hydrogen) atoms. The highest BCUT2D eigenvalue weighted by molar-refractivity contribution is 5.79. The van der Waals surface area contributed by atoms with Crippen LogP contribution in [0.15, 0.2) is 59.7 Å². The monoisotopic (exact) mass is 267 g/mol. The Morgan fingerprint density at radius 2 is 1.65 bits per heavy atom. The predicted molar refractivity (Wildman–Crippen MR) is 73.5 cm³/mol. The Kier molecular flexibility index (Phi) is 3.09. The molecule has 98 valence electrons. The fourth-order valence-electron chi connectivity index (χ4n) is 1.98. The molecule has 1 aromatic carbocycles. The molecule has 3 aromatic rings. The number of aromatic amines is 1. The molecule has 0 aliphatic carbocycles. The van der Waals surface area contributed by atoms with Gasteiger partial charge >= 0.3 is 0 Å². The van der Waals surface area contributed by atoms with E-state index in [4.69, 9.17) is 0 Å². The summed E-state index contributed by atoms with van der Waals surface area (Å²) < 4.78 is 13.0. The van der Waals surface area contributed by atoms with Gasteiger partial charge in [0, 0.05) is 29.6 Å². The molecule has 0 aliphatic heterocycles. The van der Waals surface area contributed by atoms with E-state index in [1.165, 1.54) is 18.2 Å². The Labute approximate surface area is 114 Å². The fraction of sp³-hybridized carbons (Fsp3) is 0. The predicted octanol–water partition coefficient (Wildman–Crippen LogP) is 2.64. The molecule has 4 nitrogen and oxygen atoms in total. The maximum atomic E-state index is 13.0. The van der Waals surface area contributed by atoms with Crippen LogP contribution in [0.4, 0.5) is 4.39 Å². The van der Waals surface area contributed by atoms with Crippen LogP contribution in [-0.2, 0) is 0 Å². The molecule has 0 spiro atoms. The van der Waals surface area contributed by atoms with Crippen molar-refractivity contribution in [3.63, 3.8) is 0 Å². The lowest BCUT2D eigenvalue weighted by atomic mass is 10.0. The third-order valence-corrected chi connectivity index (χ3v) is 2.92. The summed E-state index contributed by atoms with van der Waals surface area (Å²) in [5.41, 5.74) is 2.55. The van der Waals surface area contributed by atoms with Crippen molar-refractivity contribution in [2.24, 2.45) is 0 Å². The lowest BCUT2D eigenvalue weighted by Gasteiger charge is -2.07. The van der Waals surface area contributed by atoms with Crippen molar-refractivity contribution in [3.8, 4) is 22.4 Å². The van der Waals surface area contributed by atoms with Gasteiger partial charge in [0.2, 0.25) is 0 Å². The quantitative estimate of drug-likeness (QED) is 0.776. The van der Waals surface area contributed by atoms with E-state index in [1.807, 2.05) is 0 Å². The van der Waals surface area contributed by atoms with Crippen LogP contribution in [0.5, 0.6) is 0 Å². The Hall–Kier alpha value is -2.82. The summed E-state index contributed by atoms with van der Waals surface area (Å²) in [6, 6.07) is 11.0. The molecule has 5 heteroatoms. The summed E-state index contributed by atoms with van der Waals surface area (Å²) in [5.74, 6) is -0.316. The van der Waals surface area contributed by atoms with Gasteiger partial charge < -0.3 is 0 Å². The van der Waals surface area contributed by atoms with Gasteiger partial charge in [-0.15, -0.1) is 0 Å². The van der Waals surface area contributed by atoms with Crippen LogP contribution in [-0.4, -0.2) is 15.2 Å². The van der Waals surface area contributed by atoms with Crippen LogP contribution >= 0.6 is 0 Å². The maximum absolute atomic E-state index is 13.0. The zero-order chi connectivity index (χ0) is 13.9. The summed E-state index contributed by atoms with van der Waals surface area (Å²) in [5, 5.41) is 6.48. The minimum Gasteiger partial charge on any atom is -0.268 e. The number of rotatable bonds is 2.